The fourth-order valence-corrected chi connectivity index (χ4v) is 2.68. The number of fused-ring (bicyclic) bond motifs is 1. The summed E-state index contributed by atoms with van der Waals surface area (Å²) in [5.74, 6) is 0.665. The van der Waals surface area contributed by atoms with Crippen LogP contribution in [0.1, 0.15) is 11.7 Å². The first-order valence-electron chi connectivity index (χ1n) is 5.87. The lowest BCUT2D eigenvalue weighted by Gasteiger charge is -2.27. The summed E-state index contributed by atoms with van der Waals surface area (Å²) < 4.78 is 31.1. The molecule has 2 heterocycles. The van der Waals surface area contributed by atoms with Crippen molar-refractivity contribution < 1.29 is 18.6 Å². The Morgan fingerprint density at radius 1 is 1.28 bits per heavy atom. The summed E-state index contributed by atoms with van der Waals surface area (Å²) in [6.45, 7) is 2.89. The van der Waals surface area contributed by atoms with Crippen molar-refractivity contribution in [2.24, 2.45) is 0 Å². The summed E-state index contributed by atoms with van der Waals surface area (Å²) >= 11 is 3.23. The maximum Gasteiger partial charge on any atom is 0.178 e. The van der Waals surface area contributed by atoms with Crippen LogP contribution >= 0.6 is 15.9 Å². The molecule has 1 atom stereocenters. The summed E-state index contributed by atoms with van der Waals surface area (Å²) in [5, 5.41) is 3.18. The molecule has 1 fully saturated rings. The van der Waals surface area contributed by atoms with Gasteiger partial charge in [0.2, 0.25) is 0 Å². The smallest absolute Gasteiger partial charge is 0.178 e. The van der Waals surface area contributed by atoms with E-state index in [2.05, 4.69) is 21.2 Å². The van der Waals surface area contributed by atoms with Gasteiger partial charge in [-0.2, -0.15) is 0 Å². The molecule has 4 nitrogen and oxygen atoms in total. The van der Waals surface area contributed by atoms with E-state index in [0.717, 1.165) is 6.54 Å². The third-order valence-corrected chi connectivity index (χ3v) is 3.73. The molecular weight excluding hydrogens is 305 g/mol. The second kappa shape index (κ2) is 5.03. The van der Waals surface area contributed by atoms with E-state index < -0.39 is 0 Å². The van der Waals surface area contributed by atoms with Crippen molar-refractivity contribution >= 4 is 15.9 Å². The second-order valence-corrected chi connectivity index (χ2v) is 4.97. The Bertz CT molecular complexity index is 463. The number of morpholine rings is 1. The molecular formula is C12H13BrFNO3. The van der Waals surface area contributed by atoms with Crippen LogP contribution in [0.2, 0.25) is 0 Å². The minimum Gasteiger partial charge on any atom is -0.486 e. The van der Waals surface area contributed by atoms with Crippen LogP contribution in [0, 0.1) is 5.82 Å². The van der Waals surface area contributed by atoms with Gasteiger partial charge in [0.15, 0.2) is 11.5 Å². The SMILES string of the molecule is Fc1c(C2CNCCO2)cc2c(c1Br)OCCO2. The zero-order valence-electron chi connectivity index (χ0n) is 9.67. The molecule has 0 radical (unpaired) electrons. The average Bonchev–Trinajstić information content (AvgIpc) is 2.44. The van der Waals surface area contributed by atoms with E-state index in [4.69, 9.17) is 14.2 Å². The summed E-state index contributed by atoms with van der Waals surface area (Å²) in [7, 11) is 0. The lowest BCUT2D eigenvalue weighted by atomic mass is 10.1. The molecule has 2 aliphatic heterocycles. The predicted molar refractivity (Wildman–Crippen MR) is 66.7 cm³/mol. The van der Waals surface area contributed by atoms with Crippen LogP contribution in [0.3, 0.4) is 0 Å². The molecule has 1 unspecified atom stereocenters. The summed E-state index contributed by atoms with van der Waals surface area (Å²) in [5.41, 5.74) is 0.498. The lowest BCUT2D eigenvalue weighted by molar-refractivity contribution is 0.0250. The normalized spacial score (nSPS) is 22.9. The van der Waals surface area contributed by atoms with Crippen LogP contribution in [0.15, 0.2) is 10.5 Å². The van der Waals surface area contributed by atoms with Gasteiger partial charge in [0.25, 0.3) is 0 Å². The predicted octanol–water partition coefficient (Wildman–Crippen LogP) is 2.02. The van der Waals surface area contributed by atoms with Crippen molar-refractivity contribution in [3.05, 3.63) is 21.9 Å². The Kier molecular flexibility index (Phi) is 3.41. The fourth-order valence-electron chi connectivity index (χ4n) is 2.14. The average molecular weight is 318 g/mol. The maximum absolute atomic E-state index is 14.3. The van der Waals surface area contributed by atoms with E-state index in [1.807, 2.05) is 0 Å². The van der Waals surface area contributed by atoms with Gasteiger partial charge in [-0.1, -0.05) is 0 Å². The van der Waals surface area contributed by atoms with E-state index in [1.54, 1.807) is 6.07 Å². The monoisotopic (exact) mass is 317 g/mol. The quantitative estimate of drug-likeness (QED) is 0.860. The number of rotatable bonds is 1. The fraction of sp³-hybridized carbons (Fsp3) is 0.500. The molecule has 0 spiro atoms. The van der Waals surface area contributed by atoms with Gasteiger partial charge in [-0.3, -0.25) is 0 Å². The van der Waals surface area contributed by atoms with Gasteiger partial charge >= 0.3 is 0 Å². The lowest BCUT2D eigenvalue weighted by Crippen LogP contribution is -2.34. The van der Waals surface area contributed by atoms with Crippen molar-refractivity contribution in [3.8, 4) is 11.5 Å². The number of benzene rings is 1. The van der Waals surface area contributed by atoms with Gasteiger partial charge in [-0.05, 0) is 22.0 Å². The highest BCUT2D eigenvalue weighted by Crippen LogP contribution is 2.42. The van der Waals surface area contributed by atoms with E-state index in [1.165, 1.54) is 0 Å². The molecule has 0 aliphatic carbocycles. The van der Waals surface area contributed by atoms with Crippen molar-refractivity contribution in [2.75, 3.05) is 32.9 Å². The molecule has 1 saturated heterocycles. The van der Waals surface area contributed by atoms with Gasteiger partial charge in [0, 0.05) is 18.7 Å². The minimum atomic E-state index is -0.340. The molecule has 1 N–H and O–H groups in total. The highest BCUT2D eigenvalue weighted by Gasteiger charge is 2.27. The van der Waals surface area contributed by atoms with Crippen LogP contribution in [0.4, 0.5) is 4.39 Å². The first-order chi connectivity index (χ1) is 8.77. The van der Waals surface area contributed by atoms with Gasteiger partial charge in [0.05, 0.1) is 17.2 Å². The molecule has 18 heavy (non-hydrogen) atoms. The first kappa shape index (κ1) is 12.2. The third kappa shape index (κ3) is 2.08. The Morgan fingerprint density at radius 3 is 2.89 bits per heavy atom. The third-order valence-electron chi connectivity index (χ3n) is 3.02. The highest BCUT2D eigenvalue weighted by molar-refractivity contribution is 9.10. The van der Waals surface area contributed by atoms with E-state index in [9.17, 15) is 4.39 Å². The topological polar surface area (TPSA) is 39.7 Å². The van der Waals surface area contributed by atoms with E-state index in [-0.39, 0.29) is 11.9 Å². The Hall–Kier alpha value is -0.850. The molecule has 1 aromatic carbocycles. The Labute approximate surface area is 113 Å². The van der Waals surface area contributed by atoms with Gasteiger partial charge in [0.1, 0.15) is 19.0 Å². The van der Waals surface area contributed by atoms with Gasteiger partial charge in [-0.15, -0.1) is 0 Å². The zero-order valence-corrected chi connectivity index (χ0v) is 11.3. The van der Waals surface area contributed by atoms with Crippen molar-refractivity contribution in [1.29, 1.82) is 0 Å². The number of nitrogens with one attached hydrogen (secondary N) is 1. The highest BCUT2D eigenvalue weighted by atomic mass is 79.9. The molecule has 0 aromatic heterocycles. The zero-order chi connectivity index (χ0) is 12.5. The van der Waals surface area contributed by atoms with Crippen LogP contribution in [0.25, 0.3) is 0 Å². The van der Waals surface area contributed by atoms with Gasteiger partial charge in [-0.25, -0.2) is 4.39 Å². The van der Waals surface area contributed by atoms with E-state index >= 15 is 0 Å². The Balaban J connectivity index is 2.01. The standard InChI is InChI=1S/C12H13BrFNO3/c13-10-11(14)7(9-6-15-1-2-16-9)5-8-12(10)18-4-3-17-8/h5,9,15H,1-4,6H2. The van der Waals surface area contributed by atoms with Crippen LogP contribution in [0.5, 0.6) is 11.5 Å². The maximum atomic E-state index is 14.3. The molecule has 2 aliphatic rings. The van der Waals surface area contributed by atoms with Crippen LogP contribution in [-0.2, 0) is 4.74 Å². The number of hydrogen-bond acceptors (Lipinski definition) is 4. The van der Waals surface area contributed by atoms with Crippen molar-refractivity contribution in [2.45, 2.75) is 6.10 Å². The molecule has 6 heteroatoms. The van der Waals surface area contributed by atoms with Crippen molar-refractivity contribution in [3.63, 3.8) is 0 Å². The summed E-state index contributed by atoms with van der Waals surface area (Å²) in [6.07, 6.45) is -0.286. The molecule has 1 aromatic rings. The summed E-state index contributed by atoms with van der Waals surface area (Å²) in [4.78, 5) is 0. The van der Waals surface area contributed by atoms with Crippen molar-refractivity contribution in [1.82, 2.24) is 5.32 Å². The molecule has 3 rings (SSSR count). The van der Waals surface area contributed by atoms with Crippen LogP contribution in [-0.4, -0.2) is 32.9 Å². The molecule has 0 amide bonds. The molecule has 0 bridgehead atoms. The molecule has 98 valence electrons. The second-order valence-electron chi connectivity index (χ2n) is 4.18. The number of hydrogen-bond donors (Lipinski definition) is 1. The van der Waals surface area contributed by atoms with Gasteiger partial charge < -0.3 is 19.5 Å². The first-order valence-corrected chi connectivity index (χ1v) is 6.66. The largest absolute Gasteiger partial charge is 0.486 e. The number of halogens is 2. The molecule has 0 saturated carbocycles. The Morgan fingerprint density at radius 2 is 2.11 bits per heavy atom. The summed E-state index contributed by atoms with van der Waals surface area (Å²) in [6, 6.07) is 1.67. The van der Waals surface area contributed by atoms with Crippen LogP contribution < -0.4 is 14.8 Å². The van der Waals surface area contributed by atoms with E-state index in [0.29, 0.717) is 47.9 Å². The minimum absolute atomic E-state index is 0.286. The number of ether oxygens (including phenoxy) is 3.